The van der Waals surface area contributed by atoms with Gasteiger partial charge in [0, 0.05) is 44.1 Å². The molecule has 1 unspecified atom stereocenters. The Morgan fingerprint density at radius 3 is 2.85 bits per heavy atom. The number of aromatic nitrogens is 2. The van der Waals surface area contributed by atoms with Gasteiger partial charge in [-0.1, -0.05) is 18.2 Å². The highest BCUT2D eigenvalue weighted by molar-refractivity contribution is 5.84. The summed E-state index contributed by atoms with van der Waals surface area (Å²) in [4.78, 5) is 22.0. The van der Waals surface area contributed by atoms with Crippen molar-refractivity contribution in [2.24, 2.45) is 5.41 Å². The summed E-state index contributed by atoms with van der Waals surface area (Å²) in [5.74, 6) is 1.02. The molecular formula is C21H27FN4O. The maximum absolute atomic E-state index is 14.0. The van der Waals surface area contributed by atoms with Gasteiger partial charge in [-0.3, -0.25) is 9.69 Å². The van der Waals surface area contributed by atoms with E-state index in [4.69, 9.17) is 0 Å². The fraction of sp³-hybridized carbons (Fsp3) is 0.524. The van der Waals surface area contributed by atoms with Crippen molar-refractivity contribution < 1.29 is 9.18 Å². The second kappa shape index (κ2) is 7.43. The monoisotopic (exact) mass is 370 g/mol. The van der Waals surface area contributed by atoms with Crippen LogP contribution in [0.25, 0.3) is 0 Å². The molecule has 0 saturated carbocycles. The molecule has 2 aromatic rings. The molecule has 0 aliphatic carbocycles. The lowest BCUT2D eigenvalue weighted by molar-refractivity contribution is -0.146. The van der Waals surface area contributed by atoms with Crippen LogP contribution in [-0.4, -0.2) is 44.9 Å². The average Bonchev–Trinajstić information content (AvgIpc) is 3.29. The number of benzene rings is 1. The van der Waals surface area contributed by atoms with E-state index in [0.29, 0.717) is 12.1 Å². The number of aryl methyl sites for hydroxylation is 1. The van der Waals surface area contributed by atoms with Gasteiger partial charge in [-0.2, -0.15) is 0 Å². The summed E-state index contributed by atoms with van der Waals surface area (Å²) >= 11 is 0. The fourth-order valence-electron chi connectivity index (χ4n) is 4.59. The van der Waals surface area contributed by atoms with Crippen LogP contribution in [0.3, 0.4) is 0 Å². The fourth-order valence-corrected chi connectivity index (χ4v) is 4.59. The highest BCUT2D eigenvalue weighted by Crippen LogP contribution is 2.41. The molecule has 4 rings (SSSR count). The Morgan fingerprint density at radius 2 is 2.04 bits per heavy atom. The van der Waals surface area contributed by atoms with Gasteiger partial charge in [-0.05, 0) is 38.8 Å². The van der Waals surface area contributed by atoms with Gasteiger partial charge in [-0.25, -0.2) is 9.37 Å². The molecule has 27 heavy (non-hydrogen) atoms. The van der Waals surface area contributed by atoms with Crippen molar-refractivity contribution in [3.63, 3.8) is 0 Å². The lowest BCUT2D eigenvalue weighted by atomic mass is 9.78. The van der Waals surface area contributed by atoms with Gasteiger partial charge in [0.15, 0.2) is 0 Å². The van der Waals surface area contributed by atoms with E-state index in [1.54, 1.807) is 12.1 Å². The minimum atomic E-state index is -0.312. The summed E-state index contributed by atoms with van der Waals surface area (Å²) < 4.78 is 16.2. The van der Waals surface area contributed by atoms with E-state index in [-0.39, 0.29) is 17.1 Å². The van der Waals surface area contributed by atoms with E-state index in [1.807, 2.05) is 23.4 Å². The van der Waals surface area contributed by atoms with E-state index in [2.05, 4.69) is 21.4 Å². The van der Waals surface area contributed by atoms with Crippen LogP contribution in [0.5, 0.6) is 0 Å². The minimum absolute atomic E-state index is 0.193. The molecule has 5 nitrogen and oxygen atoms in total. The predicted octanol–water partition coefficient (Wildman–Crippen LogP) is 3.06. The molecule has 2 aliphatic rings. The Labute approximate surface area is 159 Å². The quantitative estimate of drug-likeness (QED) is 0.812. The Morgan fingerprint density at radius 1 is 1.19 bits per heavy atom. The molecule has 2 fully saturated rings. The second-order valence-electron chi connectivity index (χ2n) is 7.79. The van der Waals surface area contributed by atoms with Crippen LogP contribution < -0.4 is 0 Å². The molecule has 0 bridgehead atoms. The van der Waals surface area contributed by atoms with Crippen molar-refractivity contribution in [1.29, 1.82) is 0 Å². The van der Waals surface area contributed by atoms with Gasteiger partial charge in [0.25, 0.3) is 0 Å². The molecule has 1 amide bonds. The van der Waals surface area contributed by atoms with Gasteiger partial charge < -0.3 is 9.47 Å². The van der Waals surface area contributed by atoms with Crippen LogP contribution in [0.1, 0.15) is 37.6 Å². The number of hydrogen-bond acceptors (Lipinski definition) is 3. The molecule has 1 atom stereocenters. The molecule has 0 radical (unpaired) electrons. The normalized spacial score (nSPS) is 23.5. The zero-order valence-electron chi connectivity index (χ0n) is 15.9. The summed E-state index contributed by atoms with van der Waals surface area (Å²) in [6.07, 6.45) is 6.64. The Hall–Kier alpha value is -2.21. The zero-order chi connectivity index (χ0) is 18.9. The third-order valence-electron chi connectivity index (χ3n) is 6.08. The number of carbonyl (C=O) groups excluding carboxylic acids is 1. The topological polar surface area (TPSA) is 41.4 Å². The van der Waals surface area contributed by atoms with Crippen LogP contribution in [0.2, 0.25) is 0 Å². The van der Waals surface area contributed by atoms with Crippen LogP contribution in [0.4, 0.5) is 4.39 Å². The number of carbonyl (C=O) groups is 1. The van der Waals surface area contributed by atoms with Gasteiger partial charge in [-0.15, -0.1) is 0 Å². The lowest BCUT2D eigenvalue weighted by Gasteiger charge is -2.39. The largest absolute Gasteiger partial charge is 0.338 e. The molecule has 2 aliphatic heterocycles. The minimum Gasteiger partial charge on any atom is -0.338 e. The van der Waals surface area contributed by atoms with E-state index in [9.17, 15) is 9.18 Å². The summed E-state index contributed by atoms with van der Waals surface area (Å²) in [5, 5.41) is 0. The van der Waals surface area contributed by atoms with E-state index >= 15 is 0 Å². The molecule has 6 heteroatoms. The maximum atomic E-state index is 14.0. The molecule has 1 aromatic heterocycles. The van der Waals surface area contributed by atoms with Gasteiger partial charge >= 0.3 is 0 Å². The molecule has 2 saturated heterocycles. The first-order valence-corrected chi connectivity index (χ1v) is 9.86. The number of piperidine rings is 1. The average molecular weight is 370 g/mol. The number of imidazole rings is 1. The van der Waals surface area contributed by atoms with Crippen molar-refractivity contribution in [2.45, 2.75) is 45.8 Å². The third kappa shape index (κ3) is 3.50. The molecular weight excluding hydrogens is 343 g/mol. The Bertz CT molecular complexity index is 820. The summed E-state index contributed by atoms with van der Waals surface area (Å²) in [6.45, 7) is 6.57. The van der Waals surface area contributed by atoms with Crippen molar-refractivity contribution in [1.82, 2.24) is 19.4 Å². The van der Waals surface area contributed by atoms with Crippen molar-refractivity contribution in [3.05, 3.63) is 53.9 Å². The number of amides is 1. The van der Waals surface area contributed by atoms with Crippen LogP contribution in [0, 0.1) is 11.2 Å². The molecule has 144 valence electrons. The smallest absolute Gasteiger partial charge is 0.230 e. The van der Waals surface area contributed by atoms with Crippen molar-refractivity contribution in [3.8, 4) is 0 Å². The number of rotatable bonds is 5. The van der Waals surface area contributed by atoms with Crippen molar-refractivity contribution in [2.75, 3.05) is 19.6 Å². The standard InChI is InChI=1S/C21H27FN4O/c1-2-25-13-10-23-19(25)15-24-12-9-21(16-24)8-5-11-26(20(21)27)14-17-6-3-4-7-18(17)22/h3-4,6-7,10,13H,2,5,8-9,11-12,14-16H2,1H3. The van der Waals surface area contributed by atoms with Crippen LogP contribution in [-0.2, 0) is 24.4 Å². The predicted molar refractivity (Wildman–Crippen MR) is 101 cm³/mol. The van der Waals surface area contributed by atoms with Crippen LogP contribution >= 0.6 is 0 Å². The first-order chi connectivity index (χ1) is 13.1. The molecule has 1 aromatic carbocycles. The summed E-state index contributed by atoms with van der Waals surface area (Å²) in [5.41, 5.74) is 0.287. The van der Waals surface area contributed by atoms with Gasteiger partial charge in [0.1, 0.15) is 11.6 Å². The molecule has 3 heterocycles. The lowest BCUT2D eigenvalue weighted by Crippen LogP contribution is -2.49. The van der Waals surface area contributed by atoms with E-state index in [0.717, 1.165) is 57.8 Å². The molecule has 0 N–H and O–H groups in total. The molecule has 1 spiro atoms. The van der Waals surface area contributed by atoms with Gasteiger partial charge in [0.2, 0.25) is 5.91 Å². The Kier molecular flexibility index (Phi) is 5.00. The Balaban J connectivity index is 1.45. The van der Waals surface area contributed by atoms with Gasteiger partial charge in [0.05, 0.1) is 12.0 Å². The first kappa shape index (κ1) is 18.2. The van der Waals surface area contributed by atoms with Crippen LogP contribution in [0.15, 0.2) is 36.7 Å². The third-order valence-corrected chi connectivity index (χ3v) is 6.08. The van der Waals surface area contributed by atoms with E-state index < -0.39 is 0 Å². The number of halogens is 1. The number of likely N-dealkylation sites (tertiary alicyclic amines) is 2. The zero-order valence-corrected chi connectivity index (χ0v) is 15.9. The summed E-state index contributed by atoms with van der Waals surface area (Å²) in [6, 6.07) is 6.76. The highest BCUT2D eigenvalue weighted by atomic mass is 19.1. The second-order valence-corrected chi connectivity index (χ2v) is 7.79. The number of nitrogens with zero attached hydrogens (tertiary/aromatic N) is 4. The number of hydrogen-bond donors (Lipinski definition) is 0. The SMILES string of the molecule is CCn1ccnc1CN1CCC2(CCCN(Cc3ccccc3F)C2=O)C1. The maximum Gasteiger partial charge on any atom is 0.230 e. The highest BCUT2D eigenvalue weighted by Gasteiger charge is 2.48. The first-order valence-electron chi connectivity index (χ1n) is 9.86. The van der Waals surface area contributed by atoms with Crippen molar-refractivity contribution >= 4 is 5.91 Å². The van der Waals surface area contributed by atoms with E-state index in [1.165, 1.54) is 6.07 Å². The summed E-state index contributed by atoms with van der Waals surface area (Å²) in [7, 11) is 0.